The molecule has 4 nitrogen and oxygen atoms in total. The largest absolute Gasteiger partial charge is 0.443 e. The zero-order valence-corrected chi connectivity index (χ0v) is 12.6. The van der Waals surface area contributed by atoms with E-state index in [1.807, 2.05) is 0 Å². The van der Waals surface area contributed by atoms with Crippen molar-refractivity contribution in [2.75, 3.05) is 0 Å². The van der Waals surface area contributed by atoms with Gasteiger partial charge in [-0.15, -0.1) is 0 Å². The normalized spacial score (nSPS) is 14.4. The molecular formula is C14H9ClF2NO3P. The number of nitrogens with zero attached hydrogens (tertiary/aromatic N) is 1. The minimum absolute atomic E-state index is 0.293. The number of para-hydroxylation sites is 1. The minimum Gasteiger partial charge on any atom is -0.402 e. The van der Waals surface area contributed by atoms with Crippen molar-refractivity contribution in [1.29, 1.82) is 0 Å². The van der Waals surface area contributed by atoms with Crippen molar-refractivity contribution in [3.05, 3.63) is 47.5 Å². The topological polar surface area (TPSA) is 59.4 Å². The van der Waals surface area contributed by atoms with E-state index in [4.69, 9.17) is 11.6 Å². The first-order valence-electron chi connectivity index (χ1n) is 6.17. The van der Waals surface area contributed by atoms with Crippen LogP contribution in [0.2, 0.25) is 5.02 Å². The van der Waals surface area contributed by atoms with Gasteiger partial charge in [0.15, 0.2) is 0 Å². The quantitative estimate of drug-likeness (QED) is 0.546. The predicted octanol–water partition coefficient (Wildman–Crippen LogP) is 4.83. The van der Waals surface area contributed by atoms with Crippen molar-refractivity contribution >= 4 is 40.9 Å². The molecule has 0 saturated heterocycles. The third-order valence-corrected chi connectivity index (χ3v) is 4.26. The third-order valence-electron chi connectivity index (χ3n) is 3.09. The lowest BCUT2D eigenvalue weighted by atomic mass is 10.1. The highest BCUT2D eigenvalue weighted by molar-refractivity contribution is 7.53. The Morgan fingerprint density at radius 1 is 1.14 bits per heavy atom. The highest BCUT2D eigenvalue weighted by Gasteiger charge is 2.35. The van der Waals surface area contributed by atoms with Crippen molar-refractivity contribution in [3.8, 4) is 5.88 Å². The summed E-state index contributed by atoms with van der Waals surface area (Å²) in [6.45, 7) is 0. The number of alkyl halides is 2. The van der Waals surface area contributed by atoms with Crippen LogP contribution >= 0.6 is 19.2 Å². The molecule has 8 heteroatoms. The summed E-state index contributed by atoms with van der Waals surface area (Å²) in [6.07, 6.45) is -3.52. The number of hydrogen-bond donors (Lipinski definition) is 1. The molecule has 0 spiro atoms. The van der Waals surface area contributed by atoms with Gasteiger partial charge in [0.2, 0.25) is 5.88 Å². The fourth-order valence-corrected chi connectivity index (χ4v) is 2.77. The van der Waals surface area contributed by atoms with E-state index in [1.165, 1.54) is 6.07 Å². The van der Waals surface area contributed by atoms with Gasteiger partial charge in [-0.2, -0.15) is 8.78 Å². The number of benzene rings is 2. The fraction of sp³-hybridized carbons (Fsp3) is 0.0714. The third kappa shape index (κ3) is 2.65. The van der Waals surface area contributed by atoms with Gasteiger partial charge in [0.1, 0.15) is 0 Å². The zero-order valence-electron chi connectivity index (χ0n) is 10.9. The summed E-state index contributed by atoms with van der Waals surface area (Å²) in [4.78, 5) is 13.3. The Bertz CT molecular complexity index is 919. The Kier molecular flexibility index (Phi) is 3.77. The van der Waals surface area contributed by atoms with Crippen molar-refractivity contribution in [2.24, 2.45) is 0 Å². The summed E-state index contributed by atoms with van der Waals surface area (Å²) in [5.41, 5.74) is 0.460. The number of hydrogen-bond acceptors (Lipinski definition) is 3. The van der Waals surface area contributed by atoms with E-state index in [9.17, 15) is 18.2 Å². The van der Waals surface area contributed by atoms with Gasteiger partial charge in [0.25, 0.3) is 0 Å². The van der Waals surface area contributed by atoms with E-state index in [-0.39, 0.29) is 5.88 Å². The van der Waals surface area contributed by atoms with Crippen LogP contribution in [0.15, 0.2) is 42.5 Å². The number of halogens is 3. The van der Waals surface area contributed by atoms with Gasteiger partial charge in [-0.25, -0.2) is 9.55 Å². The Hall–Kier alpha value is -1.75. The minimum atomic E-state index is -5.12. The molecule has 0 aliphatic rings. The van der Waals surface area contributed by atoms with Crippen LogP contribution in [0.4, 0.5) is 8.78 Å². The fourth-order valence-electron chi connectivity index (χ4n) is 2.13. The maximum absolute atomic E-state index is 12.6. The highest BCUT2D eigenvalue weighted by atomic mass is 35.5. The molecule has 1 unspecified atom stereocenters. The second-order valence-corrected chi connectivity index (χ2v) is 6.69. The van der Waals surface area contributed by atoms with Crippen LogP contribution in [0.5, 0.6) is 5.88 Å². The molecule has 0 radical (unpaired) electrons. The number of pyridine rings is 1. The number of rotatable bonds is 3. The van der Waals surface area contributed by atoms with E-state index >= 15 is 0 Å². The first-order valence-corrected chi connectivity index (χ1v) is 8.19. The van der Waals surface area contributed by atoms with Gasteiger partial charge < -0.3 is 9.42 Å². The lowest BCUT2D eigenvalue weighted by Gasteiger charge is -2.14. The van der Waals surface area contributed by atoms with Crippen LogP contribution in [0.3, 0.4) is 0 Å². The Morgan fingerprint density at radius 3 is 2.59 bits per heavy atom. The SMILES string of the molecule is O=P(O)(Oc1nc2ccccc2c2ccc(Cl)cc12)C(F)F. The van der Waals surface area contributed by atoms with Gasteiger partial charge in [-0.1, -0.05) is 35.9 Å². The second-order valence-electron chi connectivity index (χ2n) is 4.56. The number of fused-ring (bicyclic) bond motifs is 3. The lowest BCUT2D eigenvalue weighted by molar-refractivity contribution is 0.187. The van der Waals surface area contributed by atoms with Crippen LogP contribution in [0.25, 0.3) is 21.7 Å². The van der Waals surface area contributed by atoms with Crippen molar-refractivity contribution in [2.45, 2.75) is 6.17 Å². The van der Waals surface area contributed by atoms with Gasteiger partial charge in [0, 0.05) is 15.8 Å². The van der Waals surface area contributed by atoms with Gasteiger partial charge in [-0.05, 0) is 23.6 Å². The molecule has 0 aliphatic carbocycles. The van der Waals surface area contributed by atoms with Crippen molar-refractivity contribution in [3.63, 3.8) is 0 Å². The second kappa shape index (κ2) is 5.47. The summed E-state index contributed by atoms with van der Waals surface area (Å²) >= 11 is 5.91. The van der Waals surface area contributed by atoms with E-state index in [0.717, 1.165) is 5.39 Å². The first-order chi connectivity index (χ1) is 10.4. The summed E-state index contributed by atoms with van der Waals surface area (Å²) in [6, 6.07) is 11.7. The molecule has 1 N–H and O–H groups in total. The Morgan fingerprint density at radius 2 is 1.86 bits per heavy atom. The lowest BCUT2D eigenvalue weighted by Crippen LogP contribution is -2.03. The van der Waals surface area contributed by atoms with Crippen LogP contribution in [0, 0.1) is 0 Å². The molecule has 114 valence electrons. The maximum Gasteiger partial charge on any atom is 0.443 e. The van der Waals surface area contributed by atoms with Gasteiger partial charge in [0.05, 0.1) is 5.52 Å². The summed E-state index contributed by atoms with van der Waals surface area (Å²) < 4.78 is 41.3. The summed E-state index contributed by atoms with van der Waals surface area (Å²) in [5, 5.41) is 2.02. The van der Waals surface area contributed by atoms with E-state index in [0.29, 0.717) is 21.3 Å². The number of aromatic nitrogens is 1. The Balaban J connectivity index is 2.31. The molecule has 1 heterocycles. The van der Waals surface area contributed by atoms with E-state index in [1.54, 1.807) is 36.4 Å². The molecular weight excluding hydrogens is 335 g/mol. The molecule has 0 saturated carbocycles. The average Bonchev–Trinajstić information content (AvgIpc) is 2.47. The van der Waals surface area contributed by atoms with Crippen molar-refractivity contribution < 1.29 is 22.8 Å². The van der Waals surface area contributed by atoms with E-state index in [2.05, 4.69) is 9.51 Å². The monoisotopic (exact) mass is 343 g/mol. The molecule has 22 heavy (non-hydrogen) atoms. The predicted molar refractivity (Wildman–Crippen MR) is 80.7 cm³/mol. The standard InChI is InChI=1S/C14H9ClF2NO3P/c15-8-5-6-9-10-3-1-2-4-12(10)18-13(11(9)7-8)21-22(19,20)14(16)17/h1-7,14H,(H,19,20). The zero-order chi connectivity index (χ0) is 15.9. The molecule has 3 aromatic rings. The highest BCUT2D eigenvalue weighted by Crippen LogP contribution is 2.50. The molecule has 0 bridgehead atoms. The van der Waals surface area contributed by atoms with Crippen LogP contribution in [0.1, 0.15) is 0 Å². The molecule has 0 fully saturated rings. The van der Waals surface area contributed by atoms with Crippen LogP contribution < -0.4 is 4.52 Å². The van der Waals surface area contributed by atoms with Crippen LogP contribution in [-0.2, 0) is 4.57 Å². The van der Waals surface area contributed by atoms with E-state index < -0.39 is 13.8 Å². The molecule has 2 aromatic carbocycles. The van der Waals surface area contributed by atoms with Gasteiger partial charge >= 0.3 is 13.8 Å². The van der Waals surface area contributed by atoms with Crippen LogP contribution in [-0.4, -0.2) is 16.0 Å². The van der Waals surface area contributed by atoms with Crippen molar-refractivity contribution in [1.82, 2.24) is 4.98 Å². The molecule has 1 aromatic heterocycles. The Labute approximate surface area is 128 Å². The first kappa shape index (κ1) is 15.2. The summed E-state index contributed by atoms with van der Waals surface area (Å²) in [7, 11) is -5.12. The molecule has 1 atom stereocenters. The maximum atomic E-state index is 12.6. The molecule has 3 rings (SSSR count). The average molecular weight is 344 g/mol. The smallest absolute Gasteiger partial charge is 0.402 e. The summed E-state index contributed by atoms with van der Waals surface area (Å²) in [5.74, 6) is -0.345. The molecule has 0 aliphatic heterocycles. The molecule has 0 amide bonds. The van der Waals surface area contributed by atoms with Gasteiger partial charge in [-0.3, -0.25) is 0 Å².